The number of nitrogens with zero attached hydrogens (tertiary/aromatic N) is 2. The Bertz CT molecular complexity index is 789. The SMILES string of the molecule is CN(C)C(=O)CNC(=NCc1cccc(C(F)(F)F)c1)NC1CCOC2(CCCC2)C1. The summed E-state index contributed by atoms with van der Waals surface area (Å²) in [4.78, 5) is 18.0. The smallest absolute Gasteiger partial charge is 0.375 e. The number of hydrogen-bond acceptors (Lipinski definition) is 3. The van der Waals surface area contributed by atoms with E-state index >= 15 is 0 Å². The Morgan fingerprint density at radius 3 is 2.71 bits per heavy atom. The summed E-state index contributed by atoms with van der Waals surface area (Å²) in [5.41, 5.74) is -0.325. The number of benzene rings is 1. The van der Waals surface area contributed by atoms with Gasteiger partial charge in [0.2, 0.25) is 5.91 Å². The lowest BCUT2D eigenvalue weighted by atomic mass is 9.89. The third-order valence-electron chi connectivity index (χ3n) is 5.93. The van der Waals surface area contributed by atoms with Crippen LogP contribution in [0, 0.1) is 0 Å². The average Bonchev–Trinajstić information content (AvgIpc) is 3.16. The summed E-state index contributed by atoms with van der Waals surface area (Å²) in [6.45, 7) is 0.786. The van der Waals surface area contributed by atoms with Gasteiger partial charge in [0, 0.05) is 26.7 Å². The fraction of sp³-hybridized carbons (Fsp3) is 0.636. The van der Waals surface area contributed by atoms with E-state index in [1.54, 1.807) is 20.2 Å². The van der Waals surface area contributed by atoms with E-state index in [1.807, 2.05) is 0 Å². The van der Waals surface area contributed by atoms with Gasteiger partial charge >= 0.3 is 6.18 Å². The summed E-state index contributed by atoms with van der Waals surface area (Å²) in [5.74, 6) is 0.306. The fourth-order valence-electron chi connectivity index (χ4n) is 4.20. The van der Waals surface area contributed by atoms with Gasteiger partial charge in [-0.3, -0.25) is 4.79 Å². The molecular formula is C22H31F3N4O2. The molecule has 1 saturated carbocycles. The lowest BCUT2D eigenvalue weighted by Gasteiger charge is -2.39. The highest BCUT2D eigenvalue weighted by Gasteiger charge is 2.40. The lowest BCUT2D eigenvalue weighted by Crippen LogP contribution is -2.51. The molecule has 1 atom stereocenters. The minimum Gasteiger partial charge on any atom is -0.375 e. The van der Waals surface area contributed by atoms with Crippen LogP contribution in [0.1, 0.15) is 49.7 Å². The summed E-state index contributed by atoms with van der Waals surface area (Å²) >= 11 is 0. The molecule has 1 amide bonds. The van der Waals surface area contributed by atoms with E-state index in [1.165, 1.54) is 23.8 Å². The molecule has 0 bridgehead atoms. The molecule has 1 heterocycles. The van der Waals surface area contributed by atoms with E-state index in [9.17, 15) is 18.0 Å². The number of carbonyl (C=O) groups is 1. The van der Waals surface area contributed by atoms with Gasteiger partial charge in [0.25, 0.3) is 0 Å². The van der Waals surface area contributed by atoms with Crippen molar-refractivity contribution in [2.24, 2.45) is 4.99 Å². The molecule has 2 N–H and O–H groups in total. The Balaban J connectivity index is 1.70. The molecule has 172 valence electrons. The first-order chi connectivity index (χ1) is 14.7. The van der Waals surface area contributed by atoms with Gasteiger partial charge < -0.3 is 20.3 Å². The average molecular weight is 441 g/mol. The number of rotatable bonds is 5. The van der Waals surface area contributed by atoms with Crippen LogP contribution in [0.2, 0.25) is 0 Å². The Hall–Kier alpha value is -2.29. The van der Waals surface area contributed by atoms with Crippen LogP contribution in [0.3, 0.4) is 0 Å². The molecule has 1 aromatic rings. The van der Waals surface area contributed by atoms with Crippen LogP contribution in [0.5, 0.6) is 0 Å². The van der Waals surface area contributed by atoms with Gasteiger partial charge in [-0.05, 0) is 43.4 Å². The van der Waals surface area contributed by atoms with E-state index in [2.05, 4.69) is 15.6 Å². The molecule has 6 nitrogen and oxygen atoms in total. The zero-order valence-electron chi connectivity index (χ0n) is 18.1. The second kappa shape index (κ2) is 9.89. The first kappa shape index (κ1) is 23.4. The number of nitrogens with one attached hydrogen (secondary N) is 2. The van der Waals surface area contributed by atoms with Gasteiger partial charge in [-0.15, -0.1) is 0 Å². The van der Waals surface area contributed by atoms with E-state index in [0.717, 1.165) is 37.8 Å². The fourth-order valence-corrected chi connectivity index (χ4v) is 4.20. The highest BCUT2D eigenvalue weighted by molar-refractivity contribution is 5.86. The molecule has 31 heavy (non-hydrogen) atoms. The van der Waals surface area contributed by atoms with Crippen LogP contribution in [0.25, 0.3) is 0 Å². The van der Waals surface area contributed by atoms with Gasteiger partial charge in [-0.1, -0.05) is 25.0 Å². The summed E-state index contributed by atoms with van der Waals surface area (Å²) in [6, 6.07) is 5.28. The number of alkyl halides is 3. The second-order valence-corrected chi connectivity index (χ2v) is 8.58. The number of halogens is 3. The molecule has 0 aromatic heterocycles. The largest absolute Gasteiger partial charge is 0.416 e. The highest BCUT2D eigenvalue weighted by Crippen LogP contribution is 2.40. The van der Waals surface area contributed by atoms with Gasteiger partial charge in [-0.2, -0.15) is 13.2 Å². The van der Waals surface area contributed by atoms with Crippen LogP contribution in [0.15, 0.2) is 29.3 Å². The number of ether oxygens (including phenoxy) is 1. The molecule has 1 saturated heterocycles. The van der Waals surface area contributed by atoms with Crippen LogP contribution >= 0.6 is 0 Å². The standard InChI is InChI=1S/C22H31F3N4O2/c1-29(2)19(30)15-27-20(26-14-16-6-5-7-17(12-16)22(23,24)25)28-18-8-11-31-21(13-18)9-3-4-10-21/h5-7,12,18H,3-4,8-11,13-15H2,1-2H3,(H2,26,27,28). The van der Waals surface area contributed by atoms with Crippen molar-refractivity contribution < 1.29 is 22.7 Å². The van der Waals surface area contributed by atoms with Crippen molar-refractivity contribution in [2.45, 2.75) is 62.9 Å². The maximum atomic E-state index is 13.0. The van der Waals surface area contributed by atoms with Crippen molar-refractivity contribution in [3.63, 3.8) is 0 Å². The lowest BCUT2D eigenvalue weighted by molar-refractivity contribution is -0.137. The molecule has 1 aliphatic carbocycles. The van der Waals surface area contributed by atoms with Crippen LogP contribution in [0.4, 0.5) is 13.2 Å². The first-order valence-corrected chi connectivity index (χ1v) is 10.7. The molecule has 1 unspecified atom stereocenters. The molecule has 3 rings (SSSR count). The van der Waals surface area contributed by atoms with Gasteiger partial charge in [0.1, 0.15) is 0 Å². The normalized spacial score (nSPS) is 21.2. The molecule has 2 aliphatic rings. The van der Waals surface area contributed by atoms with Crippen molar-refractivity contribution in [3.05, 3.63) is 35.4 Å². The third-order valence-corrected chi connectivity index (χ3v) is 5.93. The van der Waals surface area contributed by atoms with Gasteiger partial charge in [0.15, 0.2) is 5.96 Å². The number of hydrogen-bond donors (Lipinski definition) is 2. The van der Waals surface area contributed by atoms with Crippen LogP contribution < -0.4 is 10.6 Å². The van der Waals surface area contributed by atoms with E-state index < -0.39 is 11.7 Å². The highest BCUT2D eigenvalue weighted by atomic mass is 19.4. The maximum absolute atomic E-state index is 13.0. The molecule has 1 aromatic carbocycles. The van der Waals surface area contributed by atoms with Crippen molar-refractivity contribution in [3.8, 4) is 0 Å². The number of guanidine groups is 1. The molecular weight excluding hydrogens is 409 g/mol. The molecule has 9 heteroatoms. The van der Waals surface area contributed by atoms with E-state index in [4.69, 9.17) is 4.74 Å². The minimum absolute atomic E-state index is 0.0514. The predicted octanol–water partition coefficient (Wildman–Crippen LogP) is 3.32. The minimum atomic E-state index is -4.39. The van der Waals surface area contributed by atoms with Crippen molar-refractivity contribution in [1.82, 2.24) is 15.5 Å². The Morgan fingerprint density at radius 2 is 2.03 bits per heavy atom. The predicted molar refractivity (Wildman–Crippen MR) is 113 cm³/mol. The summed E-state index contributed by atoms with van der Waals surface area (Å²) in [5, 5.41) is 6.41. The number of carbonyl (C=O) groups excluding carboxylic acids is 1. The van der Waals surface area contributed by atoms with Crippen LogP contribution in [-0.2, 0) is 22.3 Å². The zero-order valence-corrected chi connectivity index (χ0v) is 18.1. The van der Waals surface area contributed by atoms with Crippen LogP contribution in [-0.4, -0.2) is 55.7 Å². The monoisotopic (exact) mass is 440 g/mol. The molecule has 2 fully saturated rings. The van der Waals surface area contributed by atoms with Crippen molar-refractivity contribution in [2.75, 3.05) is 27.2 Å². The maximum Gasteiger partial charge on any atom is 0.416 e. The zero-order chi connectivity index (χ0) is 22.5. The van der Waals surface area contributed by atoms with Crippen molar-refractivity contribution in [1.29, 1.82) is 0 Å². The third kappa shape index (κ3) is 6.59. The van der Waals surface area contributed by atoms with E-state index in [-0.39, 0.29) is 30.6 Å². The first-order valence-electron chi connectivity index (χ1n) is 10.7. The number of aliphatic imine (C=N–C) groups is 1. The molecule has 1 spiro atoms. The Kier molecular flexibility index (Phi) is 7.46. The summed E-state index contributed by atoms with van der Waals surface area (Å²) in [6.07, 6.45) is 1.71. The quantitative estimate of drug-likeness (QED) is 0.545. The summed E-state index contributed by atoms with van der Waals surface area (Å²) in [7, 11) is 3.33. The summed E-state index contributed by atoms with van der Waals surface area (Å²) < 4.78 is 45.0. The Morgan fingerprint density at radius 1 is 1.29 bits per heavy atom. The molecule has 0 radical (unpaired) electrons. The Labute approximate surface area is 181 Å². The topological polar surface area (TPSA) is 66.0 Å². The molecule has 1 aliphatic heterocycles. The van der Waals surface area contributed by atoms with E-state index in [0.29, 0.717) is 18.1 Å². The van der Waals surface area contributed by atoms with Gasteiger partial charge in [0.05, 0.1) is 24.3 Å². The number of likely N-dealkylation sites (N-methyl/N-ethyl adjacent to an activating group) is 1. The second-order valence-electron chi connectivity index (χ2n) is 8.58. The van der Waals surface area contributed by atoms with Gasteiger partial charge in [-0.25, -0.2) is 4.99 Å². The van der Waals surface area contributed by atoms with Crippen molar-refractivity contribution >= 4 is 11.9 Å². The number of amides is 1.